The van der Waals surface area contributed by atoms with E-state index in [-0.39, 0.29) is 17.6 Å². The van der Waals surface area contributed by atoms with E-state index in [0.717, 1.165) is 30.0 Å². The number of aryl methyl sites for hydroxylation is 2. The zero-order chi connectivity index (χ0) is 15.7. The number of aromatic nitrogens is 3. The topological polar surface area (TPSA) is 59.0 Å². The average Bonchev–Trinajstić information content (AvgIpc) is 2.95. The maximum atomic E-state index is 12.9. The highest BCUT2D eigenvalue weighted by Gasteiger charge is 2.32. The summed E-state index contributed by atoms with van der Waals surface area (Å²) in [7, 11) is 0. The zero-order valence-corrected chi connectivity index (χ0v) is 14.1. The number of hydrogen-bond acceptors (Lipinski definition) is 5. The molecule has 0 N–H and O–H groups in total. The van der Waals surface area contributed by atoms with Crippen LogP contribution in [0.3, 0.4) is 0 Å². The van der Waals surface area contributed by atoms with Crippen LogP contribution < -0.4 is 0 Å². The van der Waals surface area contributed by atoms with Crippen molar-refractivity contribution in [3.63, 3.8) is 0 Å². The van der Waals surface area contributed by atoms with Crippen molar-refractivity contribution >= 4 is 28.8 Å². The molecule has 0 bridgehead atoms. The standard InChI is InChI=1S/C15H17ClN4OS/c1-9-8-22-14(18-9)12-5-3-4-6-20(12)15(21)13-11(16)7-17-10(2)19-13/h7-8,12H,3-6H2,1-2H3/t12-/m0/s1. The van der Waals surface area contributed by atoms with Crippen LogP contribution in [-0.4, -0.2) is 32.3 Å². The average molecular weight is 337 g/mol. The molecule has 2 aromatic rings. The Morgan fingerprint density at radius 1 is 1.36 bits per heavy atom. The lowest BCUT2D eigenvalue weighted by molar-refractivity contribution is 0.0604. The fourth-order valence-corrected chi connectivity index (χ4v) is 3.81. The van der Waals surface area contributed by atoms with Gasteiger partial charge in [-0.1, -0.05) is 11.6 Å². The van der Waals surface area contributed by atoms with Crippen LogP contribution in [0.1, 0.15) is 52.3 Å². The maximum Gasteiger partial charge on any atom is 0.274 e. The van der Waals surface area contributed by atoms with Gasteiger partial charge in [0.15, 0.2) is 5.69 Å². The Labute approximate surface area is 138 Å². The minimum atomic E-state index is -0.131. The molecule has 0 unspecified atom stereocenters. The first-order chi connectivity index (χ1) is 10.6. The summed E-state index contributed by atoms with van der Waals surface area (Å²) in [5.74, 6) is 0.416. The first-order valence-electron chi connectivity index (χ1n) is 7.28. The molecule has 3 rings (SSSR count). The summed E-state index contributed by atoms with van der Waals surface area (Å²) in [6.45, 7) is 4.44. The van der Waals surface area contributed by atoms with Gasteiger partial charge in [-0.2, -0.15) is 0 Å². The van der Waals surface area contributed by atoms with E-state index >= 15 is 0 Å². The number of carbonyl (C=O) groups is 1. The van der Waals surface area contributed by atoms with Gasteiger partial charge >= 0.3 is 0 Å². The summed E-state index contributed by atoms with van der Waals surface area (Å²) in [5, 5.41) is 3.32. The third-order valence-corrected chi connectivity index (χ3v) is 5.09. The molecule has 1 saturated heterocycles. The predicted octanol–water partition coefficient (Wildman–Crippen LogP) is 3.57. The Balaban J connectivity index is 1.93. The predicted molar refractivity (Wildman–Crippen MR) is 86.3 cm³/mol. The molecule has 0 aliphatic carbocycles. The zero-order valence-electron chi connectivity index (χ0n) is 12.5. The second-order valence-electron chi connectivity index (χ2n) is 5.45. The number of piperidine rings is 1. The summed E-state index contributed by atoms with van der Waals surface area (Å²) in [6.07, 6.45) is 4.52. The van der Waals surface area contributed by atoms with E-state index in [1.165, 1.54) is 6.20 Å². The molecule has 7 heteroatoms. The summed E-state index contributed by atoms with van der Waals surface area (Å²) in [5.41, 5.74) is 1.28. The van der Waals surface area contributed by atoms with Crippen LogP contribution in [0.25, 0.3) is 0 Å². The molecule has 0 spiro atoms. The minimum absolute atomic E-state index is 0.0197. The van der Waals surface area contributed by atoms with Gasteiger partial charge in [0.05, 0.1) is 17.3 Å². The van der Waals surface area contributed by atoms with Crippen LogP contribution in [0.5, 0.6) is 0 Å². The van der Waals surface area contributed by atoms with E-state index in [4.69, 9.17) is 11.6 Å². The van der Waals surface area contributed by atoms with Crippen LogP contribution in [0.4, 0.5) is 0 Å². The van der Waals surface area contributed by atoms with Crippen LogP contribution in [0.15, 0.2) is 11.6 Å². The van der Waals surface area contributed by atoms with Gasteiger partial charge in [0.1, 0.15) is 10.8 Å². The van der Waals surface area contributed by atoms with Gasteiger partial charge in [-0.05, 0) is 33.1 Å². The Hall–Kier alpha value is -1.53. The van der Waals surface area contributed by atoms with Crippen molar-refractivity contribution in [3.8, 4) is 0 Å². The third-order valence-electron chi connectivity index (χ3n) is 3.75. The monoisotopic (exact) mass is 336 g/mol. The Kier molecular flexibility index (Phi) is 4.40. The number of likely N-dealkylation sites (tertiary alicyclic amines) is 1. The number of halogens is 1. The summed E-state index contributed by atoms with van der Waals surface area (Å²) < 4.78 is 0. The summed E-state index contributed by atoms with van der Waals surface area (Å²) in [6, 6.07) is 0.0197. The normalized spacial score (nSPS) is 18.5. The van der Waals surface area contributed by atoms with Crippen molar-refractivity contribution in [1.82, 2.24) is 19.9 Å². The lowest BCUT2D eigenvalue weighted by atomic mass is 10.0. The van der Waals surface area contributed by atoms with Crippen molar-refractivity contribution in [2.24, 2.45) is 0 Å². The molecule has 1 aliphatic rings. The molecular weight excluding hydrogens is 320 g/mol. The number of nitrogens with zero attached hydrogens (tertiary/aromatic N) is 4. The lowest BCUT2D eigenvalue weighted by Gasteiger charge is -2.34. The molecular formula is C15H17ClN4OS. The molecule has 5 nitrogen and oxygen atoms in total. The first kappa shape index (κ1) is 15.4. The molecule has 22 heavy (non-hydrogen) atoms. The fourth-order valence-electron chi connectivity index (χ4n) is 2.70. The number of carbonyl (C=O) groups excluding carboxylic acids is 1. The molecule has 1 fully saturated rings. The first-order valence-corrected chi connectivity index (χ1v) is 8.54. The van der Waals surface area contributed by atoms with Gasteiger partial charge in [-0.3, -0.25) is 4.79 Å². The molecule has 2 aromatic heterocycles. The number of hydrogen-bond donors (Lipinski definition) is 0. The van der Waals surface area contributed by atoms with E-state index < -0.39 is 0 Å². The number of thiazole rings is 1. The van der Waals surface area contributed by atoms with Crippen LogP contribution in [-0.2, 0) is 0 Å². The van der Waals surface area contributed by atoms with Crippen molar-refractivity contribution in [2.75, 3.05) is 6.54 Å². The Bertz CT molecular complexity index is 703. The number of rotatable bonds is 2. The number of amides is 1. The summed E-state index contributed by atoms with van der Waals surface area (Å²) in [4.78, 5) is 27.6. The van der Waals surface area contributed by atoms with E-state index in [2.05, 4.69) is 15.0 Å². The van der Waals surface area contributed by atoms with Crippen molar-refractivity contribution in [3.05, 3.63) is 38.8 Å². The molecule has 1 aliphatic heterocycles. The van der Waals surface area contributed by atoms with Gasteiger partial charge in [0.25, 0.3) is 5.91 Å². The van der Waals surface area contributed by atoms with Crippen molar-refractivity contribution in [1.29, 1.82) is 0 Å². The van der Waals surface area contributed by atoms with Crippen LogP contribution >= 0.6 is 22.9 Å². The van der Waals surface area contributed by atoms with E-state index in [1.807, 2.05) is 17.2 Å². The second-order valence-corrected chi connectivity index (χ2v) is 6.75. The molecule has 3 heterocycles. The van der Waals surface area contributed by atoms with E-state index in [0.29, 0.717) is 17.4 Å². The van der Waals surface area contributed by atoms with Crippen LogP contribution in [0.2, 0.25) is 5.02 Å². The molecule has 0 aromatic carbocycles. The summed E-state index contributed by atoms with van der Waals surface area (Å²) >= 11 is 7.73. The molecule has 1 amide bonds. The van der Waals surface area contributed by atoms with E-state index in [1.54, 1.807) is 18.3 Å². The highest BCUT2D eigenvalue weighted by Crippen LogP contribution is 2.34. The quantitative estimate of drug-likeness (QED) is 0.841. The van der Waals surface area contributed by atoms with Gasteiger partial charge in [0, 0.05) is 17.6 Å². The fraction of sp³-hybridized carbons (Fsp3) is 0.467. The van der Waals surface area contributed by atoms with Crippen LogP contribution in [0, 0.1) is 13.8 Å². The highest BCUT2D eigenvalue weighted by molar-refractivity contribution is 7.09. The van der Waals surface area contributed by atoms with Gasteiger partial charge in [-0.15, -0.1) is 11.3 Å². The molecule has 0 saturated carbocycles. The molecule has 0 radical (unpaired) electrons. The second kappa shape index (κ2) is 6.30. The SMILES string of the molecule is Cc1csc([C@@H]2CCCCN2C(=O)c2nc(C)ncc2Cl)n1. The molecule has 1 atom stereocenters. The Morgan fingerprint density at radius 3 is 2.91 bits per heavy atom. The van der Waals surface area contributed by atoms with E-state index in [9.17, 15) is 4.79 Å². The van der Waals surface area contributed by atoms with Gasteiger partial charge < -0.3 is 4.90 Å². The highest BCUT2D eigenvalue weighted by atomic mass is 35.5. The third kappa shape index (κ3) is 2.98. The molecule has 116 valence electrons. The maximum absolute atomic E-state index is 12.9. The van der Waals surface area contributed by atoms with Crippen molar-refractivity contribution < 1.29 is 4.79 Å². The Morgan fingerprint density at radius 2 is 2.18 bits per heavy atom. The largest absolute Gasteiger partial charge is 0.328 e. The smallest absolute Gasteiger partial charge is 0.274 e. The van der Waals surface area contributed by atoms with Gasteiger partial charge in [0.2, 0.25) is 0 Å². The minimum Gasteiger partial charge on any atom is -0.328 e. The van der Waals surface area contributed by atoms with Gasteiger partial charge in [-0.25, -0.2) is 15.0 Å². The lowest BCUT2D eigenvalue weighted by Crippen LogP contribution is -2.39. The van der Waals surface area contributed by atoms with Crippen molar-refractivity contribution in [2.45, 2.75) is 39.2 Å².